The fourth-order valence-corrected chi connectivity index (χ4v) is 1.75. The van der Waals surface area contributed by atoms with Crippen LogP contribution < -0.4 is 5.73 Å². The first-order valence-corrected chi connectivity index (χ1v) is 5.84. The fourth-order valence-electron chi connectivity index (χ4n) is 1.75. The molecule has 0 fully saturated rings. The zero-order valence-corrected chi connectivity index (χ0v) is 10.3. The summed E-state index contributed by atoms with van der Waals surface area (Å²) in [5.41, 5.74) is 10.8. The van der Waals surface area contributed by atoms with Crippen molar-refractivity contribution < 1.29 is 0 Å². The lowest BCUT2D eigenvalue weighted by atomic mass is 10.1. The van der Waals surface area contributed by atoms with Crippen LogP contribution in [-0.4, -0.2) is 9.97 Å². The Morgan fingerprint density at radius 1 is 1.18 bits per heavy atom. The third kappa shape index (κ3) is 2.81. The maximum Gasteiger partial charge on any atom is 0.0503 e. The van der Waals surface area contributed by atoms with E-state index < -0.39 is 0 Å². The molecule has 0 aliphatic rings. The minimum atomic E-state index is 0.709. The average molecular weight is 227 g/mol. The number of rotatable bonds is 3. The summed E-state index contributed by atoms with van der Waals surface area (Å²) in [5.74, 6) is 0. The van der Waals surface area contributed by atoms with Crippen LogP contribution in [0.1, 0.15) is 29.4 Å². The molecule has 0 aromatic carbocycles. The van der Waals surface area contributed by atoms with Gasteiger partial charge in [-0.05, 0) is 36.6 Å². The van der Waals surface area contributed by atoms with Gasteiger partial charge in [0.25, 0.3) is 0 Å². The molecule has 0 saturated heterocycles. The molecule has 2 rings (SSSR count). The second kappa shape index (κ2) is 4.95. The average Bonchev–Trinajstić information content (AvgIpc) is 2.34. The number of nitrogens with two attached hydrogens (primary N) is 1. The first-order chi connectivity index (χ1) is 8.19. The van der Waals surface area contributed by atoms with Gasteiger partial charge < -0.3 is 5.73 Å². The number of nitrogens with zero attached hydrogens (tertiary/aromatic N) is 2. The molecule has 88 valence electrons. The molecular weight excluding hydrogens is 210 g/mol. The Morgan fingerprint density at radius 3 is 2.59 bits per heavy atom. The van der Waals surface area contributed by atoms with E-state index in [2.05, 4.69) is 29.0 Å². The van der Waals surface area contributed by atoms with E-state index in [9.17, 15) is 0 Å². The van der Waals surface area contributed by atoms with E-state index in [0.717, 1.165) is 29.8 Å². The molecule has 0 aliphatic heterocycles. The Bertz CT molecular complexity index is 503. The molecule has 0 amide bonds. The summed E-state index contributed by atoms with van der Waals surface area (Å²) in [6.45, 7) is 4.15. The smallest absolute Gasteiger partial charge is 0.0503 e. The molecule has 2 aromatic heterocycles. The lowest BCUT2D eigenvalue weighted by Crippen LogP contribution is -2.00. The van der Waals surface area contributed by atoms with E-state index in [1.807, 2.05) is 19.2 Å². The van der Waals surface area contributed by atoms with E-state index in [1.165, 1.54) is 5.56 Å². The molecular formula is C14H17N3. The van der Waals surface area contributed by atoms with Gasteiger partial charge in [0.1, 0.15) is 0 Å². The molecule has 2 N–H and O–H groups in total. The lowest BCUT2D eigenvalue weighted by molar-refractivity contribution is 0.978. The first-order valence-electron chi connectivity index (χ1n) is 5.84. The van der Waals surface area contributed by atoms with Crippen molar-refractivity contribution in [2.24, 2.45) is 0 Å². The molecule has 0 atom stereocenters. The number of nitrogen functional groups attached to an aromatic ring is 1. The normalized spacial score (nSPS) is 10.5. The number of anilines is 1. The monoisotopic (exact) mass is 227 g/mol. The van der Waals surface area contributed by atoms with E-state index >= 15 is 0 Å². The predicted octanol–water partition coefficient (Wildman–Crippen LogP) is 2.52. The summed E-state index contributed by atoms with van der Waals surface area (Å²) >= 11 is 0. The minimum absolute atomic E-state index is 0.709. The van der Waals surface area contributed by atoms with Crippen molar-refractivity contribution in [3.63, 3.8) is 0 Å². The molecule has 0 spiro atoms. The maximum atomic E-state index is 5.68. The van der Waals surface area contributed by atoms with Crippen LogP contribution in [0, 0.1) is 6.92 Å². The van der Waals surface area contributed by atoms with Crippen LogP contribution in [-0.2, 0) is 12.8 Å². The highest BCUT2D eigenvalue weighted by molar-refractivity contribution is 5.40. The molecule has 0 aliphatic carbocycles. The molecule has 2 aromatic rings. The van der Waals surface area contributed by atoms with Crippen LogP contribution in [0.15, 0.2) is 30.6 Å². The highest BCUT2D eigenvalue weighted by Crippen LogP contribution is 2.13. The maximum absolute atomic E-state index is 5.68. The van der Waals surface area contributed by atoms with Crippen molar-refractivity contribution in [3.05, 3.63) is 53.1 Å². The summed E-state index contributed by atoms with van der Waals surface area (Å²) in [5, 5.41) is 0. The zero-order chi connectivity index (χ0) is 12.3. The van der Waals surface area contributed by atoms with Crippen molar-refractivity contribution in [2.75, 3.05) is 5.73 Å². The number of hydrogen-bond donors (Lipinski definition) is 1. The Balaban J connectivity index is 2.19. The summed E-state index contributed by atoms with van der Waals surface area (Å²) in [7, 11) is 0. The number of aromatic nitrogens is 2. The van der Waals surface area contributed by atoms with E-state index in [-0.39, 0.29) is 0 Å². The highest BCUT2D eigenvalue weighted by Gasteiger charge is 2.03. The van der Waals surface area contributed by atoms with Crippen molar-refractivity contribution >= 4 is 5.69 Å². The molecule has 0 bridgehead atoms. The molecule has 0 saturated carbocycles. The number of pyridine rings is 2. The van der Waals surface area contributed by atoms with Crippen LogP contribution in [0.2, 0.25) is 0 Å². The van der Waals surface area contributed by atoms with Crippen LogP contribution in [0.25, 0.3) is 0 Å². The van der Waals surface area contributed by atoms with Gasteiger partial charge in [-0.1, -0.05) is 13.0 Å². The molecule has 3 heteroatoms. The Kier molecular flexibility index (Phi) is 3.38. The largest absolute Gasteiger partial charge is 0.397 e. The summed E-state index contributed by atoms with van der Waals surface area (Å²) in [4.78, 5) is 8.79. The second-order valence-corrected chi connectivity index (χ2v) is 4.22. The van der Waals surface area contributed by atoms with Crippen LogP contribution in [0.5, 0.6) is 0 Å². The SMILES string of the molecule is CCc1ccc(Cc2ncc(N)cc2C)nc1. The van der Waals surface area contributed by atoms with Gasteiger partial charge in [-0.25, -0.2) is 0 Å². The van der Waals surface area contributed by atoms with Gasteiger partial charge in [-0.15, -0.1) is 0 Å². The van der Waals surface area contributed by atoms with Gasteiger partial charge in [0.15, 0.2) is 0 Å². The van der Waals surface area contributed by atoms with Crippen molar-refractivity contribution in [1.82, 2.24) is 9.97 Å². The number of hydrogen-bond acceptors (Lipinski definition) is 3. The Labute approximate surface area is 102 Å². The molecule has 0 unspecified atom stereocenters. The topological polar surface area (TPSA) is 51.8 Å². The number of aryl methyl sites for hydroxylation is 2. The van der Waals surface area contributed by atoms with E-state index in [4.69, 9.17) is 5.73 Å². The standard InChI is InChI=1S/C14H17N3/c1-3-11-4-5-13(16-8-11)7-14-10(2)6-12(15)9-17-14/h4-6,8-9H,3,7,15H2,1-2H3. The van der Waals surface area contributed by atoms with Crippen molar-refractivity contribution in [2.45, 2.75) is 26.7 Å². The van der Waals surface area contributed by atoms with Crippen LogP contribution >= 0.6 is 0 Å². The molecule has 17 heavy (non-hydrogen) atoms. The first kappa shape index (κ1) is 11.6. The summed E-state index contributed by atoms with van der Waals surface area (Å²) < 4.78 is 0. The molecule has 2 heterocycles. The van der Waals surface area contributed by atoms with Gasteiger partial charge in [0.2, 0.25) is 0 Å². The van der Waals surface area contributed by atoms with Crippen molar-refractivity contribution in [1.29, 1.82) is 0 Å². The van der Waals surface area contributed by atoms with Gasteiger partial charge >= 0.3 is 0 Å². The van der Waals surface area contributed by atoms with Gasteiger partial charge in [0, 0.05) is 24.0 Å². The van der Waals surface area contributed by atoms with Crippen LogP contribution in [0.4, 0.5) is 5.69 Å². The Hall–Kier alpha value is -1.90. The van der Waals surface area contributed by atoms with Gasteiger partial charge in [-0.3, -0.25) is 9.97 Å². The van der Waals surface area contributed by atoms with Crippen molar-refractivity contribution in [3.8, 4) is 0 Å². The summed E-state index contributed by atoms with van der Waals surface area (Å²) in [6.07, 6.45) is 5.41. The predicted molar refractivity (Wildman–Crippen MR) is 69.8 cm³/mol. The fraction of sp³-hybridized carbons (Fsp3) is 0.286. The molecule has 3 nitrogen and oxygen atoms in total. The van der Waals surface area contributed by atoms with Gasteiger partial charge in [-0.2, -0.15) is 0 Å². The second-order valence-electron chi connectivity index (χ2n) is 4.22. The van der Waals surface area contributed by atoms with E-state index in [0.29, 0.717) is 5.69 Å². The quantitative estimate of drug-likeness (QED) is 0.876. The third-order valence-electron chi connectivity index (χ3n) is 2.85. The zero-order valence-electron chi connectivity index (χ0n) is 10.3. The third-order valence-corrected chi connectivity index (χ3v) is 2.85. The highest BCUT2D eigenvalue weighted by atomic mass is 14.7. The lowest BCUT2D eigenvalue weighted by Gasteiger charge is -2.05. The Morgan fingerprint density at radius 2 is 2.00 bits per heavy atom. The molecule has 0 radical (unpaired) electrons. The van der Waals surface area contributed by atoms with Crippen LogP contribution in [0.3, 0.4) is 0 Å². The van der Waals surface area contributed by atoms with E-state index in [1.54, 1.807) is 6.20 Å². The van der Waals surface area contributed by atoms with Gasteiger partial charge in [0.05, 0.1) is 11.9 Å². The summed E-state index contributed by atoms with van der Waals surface area (Å²) in [6, 6.07) is 6.13. The minimum Gasteiger partial charge on any atom is -0.397 e.